The zero-order valence-electron chi connectivity index (χ0n) is 8.31. The summed E-state index contributed by atoms with van der Waals surface area (Å²) in [6.07, 6.45) is 6.09. The molecule has 1 saturated carbocycles. The van der Waals surface area contributed by atoms with Gasteiger partial charge in [-0.2, -0.15) is 0 Å². The first-order valence-corrected chi connectivity index (χ1v) is 5.06. The van der Waals surface area contributed by atoms with Crippen molar-refractivity contribution in [2.75, 3.05) is 20.2 Å². The minimum atomic E-state index is 0.353. The maximum absolute atomic E-state index is 5.14. The Kier molecular flexibility index (Phi) is 4.62. The van der Waals surface area contributed by atoms with E-state index in [1.807, 2.05) is 0 Å². The van der Waals surface area contributed by atoms with Crippen LogP contribution in [0.4, 0.5) is 0 Å². The normalized spacial score (nSPS) is 20.5. The topological polar surface area (TPSA) is 21.3 Å². The second kappa shape index (κ2) is 5.55. The fourth-order valence-corrected chi connectivity index (χ4v) is 1.48. The van der Waals surface area contributed by atoms with Crippen LogP contribution in [-0.2, 0) is 4.74 Å². The Bertz CT molecular complexity index is 106. The quantitative estimate of drug-likeness (QED) is 0.615. The standard InChI is InChI=1S/C10H21NO/c1-9(12-2)8-11-7-6-10-4-3-5-10/h9-11H,3-8H2,1-2H3. The Morgan fingerprint density at radius 3 is 2.75 bits per heavy atom. The van der Waals surface area contributed by atoms with Crippen LogP contribution in [0, 0.1) is 5.92 Å². The molecule has 1 aliphatic carbocycles. The molecule has 2 nitrogen and oxygen atoms in total. The summed E-state index contributed by atoms with van der Waals surface area (Å²) in [7, 11) is 1.76. The predicted octanol–water partition coefficient (Wildman–Crippen LogP) is 1.80. The monoisotopic (exact) mass is 171 g/mol. The van der Waals surface area contributed by atoms with Crippen LogP contribution in [-0.4, -0.2) is 26.3 Å². The third-order valence-electron chi connectivity index (χ3n) is 2.79. The van der Waals surface area contributed by atoms with Crippen molar-refractivity contribution in [3.63, 3.8) is 0 Å². The Morgan fingerprint density at radius 1 is 1.50 bits per heavy atom. The first kappa shape index (κ1) is 10.0. The molecule has 1 rings (SSSR count). The van der Waals surface area contributed by atoms with Crippen molar-refractivity contribution in [3.8, 4) is 0 Å². The lowest BCUT2D eigenvalue weighted by atomic mass is 9.83. The molecule has 0 heterocycles. The molecule has 0 bridgehead atoms. The molecule has 0 aromatic rings. The number of rotatable bonds is 6. The van der Waals surface area contributed by atoms with Gasteiger partial charge < -0.3 is 10.1 Å². The van der Waals surface area contributed by atoms with Gasteiger partial charge in [0.05, 0.1) is 6.10 Å². The number of nitrogens with one attached hydrogen (secondary N) is 1. The minimum absolute atomic E-state index is 0.353. The number of hydrogen-bond acceptors (Lipinski definition) is 2. The highest BCUT2D eigenvalue weighted by molar-refractivity contribution is 4.70. The Labute approximate surface area is 75.7 Å². The highest BCUT2D eigenvalue weighted by Gasteiger charge is 2.16. The van der Waals surface area contributed by atoms with Crippen molar-refractivity contribution in [2.24, 2.45) is 5.92 Å². The SMILES string of the molecule is COC(C)CNCCC1CCC1. The first-order valence-electron chi connectivity index (χ1n) is 5.06. The van der Waals surface area contributed by atoms with E-state index in [2.05, 4.69) is 12.2 Å². The van der Waals surface area contributed by atoms with E-state index < -0.39 is 0 Å². The van der Waals surface area contributed by atoms with Gasteiger partial charge in [-0.15, -0.1) is 0 Å². The van der Waals surface area contributed by atoms with E-state index in [1.54, 1.807) is 7.11 Å². The summed E-state index contributed by atoms with van der Waals surface area (Å²) in [6, 6.07) is 0. The summed E-state index contributed by atoms with van der Waals surface area (Å²) in [5.74, 6) is 1.02. The number of hydrogen-bond donors (Lipinski definition) is 1. The summed E-state index contributed by atoms with van der Waals surface area (Å²) in [6.45, 7) is 4.25. The molecule has 1 aliphatic rings. The molecule has 0 radical (unpaired) electrons. The lowest BCUT2D eigenvalue weighted by Gasteiger charge is -2.25. The summed E-state index contributed by atoms with van der Waals surface area (Å²) >= 11 is 0. The van der Waals surface area contributed by atoms with Gasteiger partial charge in [-0.1, -0.05) is 19.3 Å². The van der Waals surface area contributed by atoms with Crippen molar-refractivity contribution in [1.82, 2.24) is 5.32 Å². The van der Waals surface area contributed by atoms with E-state index in [9.17, 15) is 0 Å². The number of methoxy groups -OCH3 is 1. The van der Waals surface area contributed by atoms with Crippen molar-refractivity contribution in [3.05, 3.63) is 0 Å². The maximum atomic E-state index is 5.14. The van der Waals surface area contributed by atoms with E-state index in [0.717, 1.165) is 12.5 Å². The molecule has 0 aromatic carbocycles. The first-order chi connectivity index (χ1) is 5.83. The van der Waals surface area contributed by atoms with Crippen molar-refractivity contribution in [2.45, 2.75) is 38.7 Å². The second-order valence-corrected chi connectivity index (χ2v) is 3.84. The average Bonchev–Trinajstić information content (AvgIpc) is 2.00. The molecule has 2 heteroatoms. The molecule has 0 spiro atoms. The van der Waals surface area contributed by atoms with Crippen molar-refractivity contribution >= 4 is 0 Å². The van der Waals surface area contributed by atoms with Gasteiger partial charge >= 0.3 is 0 Å². The highest BCUT2D eigenvalue weighted by atomic mass is 16.5. The number of ether oxygens (including phenoxy) is 1. The molecule has 12 heavy (non-hydrogen) atoms. The molecule has 1 fully saturated rings. The van der Waals surface area contributed by atoms with Gasteiger partial charge in [-0.05, 0) is 25.8 Å². The van der Waals surface area contributed by atoms with E-state index >= 15 is 0 Å². The van der Waals surface area contributed by atoms with Gasteiger partial charge in [-0.25, -0.2) is 0 Å². The Morgan fingerprint density at radius 2 is 2.25 bits per heavy atom. The lowest BCUT2D eigenvalue weighted by Crippen LogP contribution is -2.28. The zero-order chi connectivity index (χ0) is 8.81. The molecular weight excluding hydrogens is 150 g/mol. The summed E-state index contributed by atoms with van der Waals surface area (Å²) in [5, 5.41) is 3.41. The van der Waals surface area contributed by atoms with Crippen LogP contribution >= 0.6 is 0 Å². The third-order valence-corrected chi connectivity index (χ3v) is 2.79. The predicted molar refractivity (Wildman–Crippen MR) is 51.3 cm³/mol. The van der Waals surface area contributed by atoms with Gasteiger partial charge in [-0.3, -0.25) is 0 Å². The van der Waals surface area contributed by atoms with Crippen LogP contribution in [0.25, 0.3) is 0 Å². The molecule has 0 aliphatic heterocycles. The molecule has 72 valence electrons. The van der Waals surface area contributed by atoms with E-state index in [-0.39, 0.29) is 0 Å². The molecular formula is C10H21NO. The smallest absolute Gasteiger partial charge is 0.0667 e. The highest BCUT2D eigenvalue weighted by Crippen LogP contribution is 2.28. The second-order valence-electron chi connectivity index (χ2n) is 3.84. The van der Waals surface area contributed by atoms with Crippen LogP contribution in [0.2, 0.25) is 0 Å². The minimum Gasteiger partial charge on any atom is -0.380 e. The van der Waals surface area contributed by atoms with E-state index in [1.165, 1.54) is 32.2 Å². The van der Waals surface area contributed by atoms with Gasteiger partial charge in [0.2, 0.25) is 0 Å². The summed E-state index contributed by atoms with van der Waals surface area (Å²) in [5.41, 5.74) is 0. The molecule has 1 unspecified atom stereocenters. The summed E-state index contributed by atoms with van der Waals surface area (Å²) in [4.78, 5) is 0. The zero-order valence-corrected chi connectivity index (χ0v) is 8.31. The molecule has 1 N–H and O–H groups in total. The van der Waals surface area contributed by atoms with Crippen molar-refractivity contribution < 1.29 is 4.74 Å². The lowest BCUT2D eigenvalue weighted by molar-refractivity contribution is 0.116. The molecule has 0 amide bonds. The van der Waals surface area contributed by atoms with Crippen molar-refractivity contribution in [1.29, 1.82) is 0 Å². The van der Waals surface area contributed by atoms with Crippen LogP contribution in [0.5, 0.6) is 0 Å². The Hall–Kier alpha value is -0.0800. The van der Waals surface area contributed by atoms with Gasteiger partial charge in [0.1, 0.15) is 0 Å². The third kappa shape index (κ3) is 3.55. The molecule has 0 saturated heterocycles. The van der Waals surface area contributed by atoms with Crippen LogP contribution < -0.4 is 5.32 Å². The fraction of sp³-hybridized carbons (Fsp3) is 1.00. The van der Waals surface area contributed by atoms with Gasteiger partial charge in [0, 0.05) is 13.7 Å². The van der Waals surface area contributed by atoms with Gasteiger partial charge in [0.25, 0.3) is 0 Å². The van der Waals surface area contributed by atoms with Gasteiger partial charge in [0.15, 0.2) is 0 Å². The van der Waals surface area contributed by atoms with E-state index in [4.69, 9.17) is 4.74 Å². The maximum Gasteiger partial charge on any atom is 0.0667 e. The fourth-order valence-electron chi connectivity index (χ4n) is 1.48. The van der Waals surface area contributed by atoms with Crippen LogP contribution in [0.15, 0.2) is 0 Å². The molecule has 0 aromatic heterocycles. The summed E-state index contributed by atoms with van der Waals surface area (Å²) < 4.78 is 5.14. The molecule has 1 atom stereocenters. The largest absolute Gasteiger partial charge is 0.380 e. The van der Waals surface area contributed by atoms with Crippen LogP contribution in [0.1, 0.15) is 32.6 Å². The Balaban J connectivity index is 1.82. The average molecular weight is 171 g/mol. The van der Waals surface area contributed by atoms with Crippen LogP contribution in [0.3, 0.4) is 0 Å². The van der Waals surface area contributed by atoms with E-state index in [0.29, 0.717) is 6.10 Å².